The molecular weight excluding hydrogens is 664 g/mol. The number of carbonyl (C=O) groups is 6. The lowest BCUT2D eigenvalue weighted by atomic mass is 9.62. The summed E-state index contributed by atoms with van der Waals surface area (Å²) in [5, 5.41) is 6.02. The lowest BCUT2D eigenvalue weighted by Crippen LogP contribution is -2.50. The van der Waals surface area contributed by atoms with Crippen molar-refractivity contribution in [1.82, 2.24) is 20.4 Å². The molecule has 2 atom stereocenters. The average Bonchev–Trinajstić information content (AvgIpc) is 3.14. The Balaban J connectivity index is 1.00. The van der Waals surface area contributed by atoms with Gasteiger partial charge < -0.3 is 29.9 Å². The number of rotatable bonds is 11. The molecule has 2 saturated heterocycles. The molecule has 1 aliphatic carbocycles. The summed E-state index contributed by atoms with van der Waals surface area (Å²) < 4.78 is 11.2. The SMILES string of the molecule is CC1(C)CC(NC(=O)OCC2CCN(C(=O)c3ccccc3C=O)CC2)CC(C)(CNC(=O)OCC2CCN(C(=O)c3ccccc3C=O)CC2)C1. The number of ether oxygens (including phenoxy) is 2. The first-order chi connectivity index (χ1) is 24.9. The molecule has 52 heavy (non-hydrogen) atoms. The van der Waals surface area contributed by atoms with Crippen molar-refractivity contribution in [1.29, 1.82) is 0 Å². The van der Waals surface area contributed by atoms with Crippen LogP contribution in [0.25, 0.3) is 0 Å². The first-order valence-electron chi connectivity index (χ1n) is 18.4. The molecule has 2 N–H and O–H groups in total. The predicted octanol–water partition coefficient (Wildman–Crippen LogP) is 5.75. The summed E-state index contributed by atoms with van der Waals surface area (Å²) in [4.78, 5) is 77.8. The maximum absolute atomic E-state index is 13.0. The minimum atomic E-state index is -0.479. The quantitative estimate of drug-likeness (QED) is 0.279. The Bertz CT molecular complexity index is 1610. The van der Waals surface area contributed by atoms with E-state index in [1.807, 2.05) is 0 Å². The molecule has 2 heterocycles. The minimum absolute atomic E-state index is 0.0734. The lowest BCUT2D eigenvalue weighted by molar-refractivity contribution is 0.0507. The standard InChI is InChI=1S/C40H52N4O8/c1-39(2)20-32(42-38(50)52-25-29-14-18-44(19-15-29)36(48)34-11-7-5-9-31(34)23-46)21-40(3,26-39)27-41-37(49)51-24-28-12-16-43(17-13-28)35(47)33-10-6-4-8-30(33)22-45/h4-11,22-23,28-29,32H,12-21,24-27H2,1-3H3,(H,41,49)(H,42,50). The molecular formula is C40H52N4O8. The van der Waals surface area contributed by atoms with Crippen molar-refractivity contribution in [3.8, 4) is 0 Å². The summed E-state index contributed by atoms with van der Waals surface area (Å²) in [6.45, 7) is 9.52. The maximum atomic E-state index is 13.0. The Hall–Kier alpha value is -4.74. The third kappa shape index (κ3) is 10.2. The van der Waals surface area contributed by atoms with E-state index < -0.39 is 12.2 Å². The van der Waals surface area contributed by atoms with Crippen molar-refractivity contribution in [2.24, 2.45) is 22.7 Å². The number of aldehydes is 2. The minimum Gasteiger partial charge on any atom is -0.449 e. The Labute approximate surface area is 306 Å². The van der Waals surface area contributed by atoms with E-state index in [1.54, 1.807) is 58.3 Å². The van der Waals surface area contributed by atoms with Crippen LogP contribution in [0.2, 0.25) is 0 Å². The van der Waals surface area contributed by atoms with Gasteiger partial charge in [0.05, 0.1) is 24.3 Å². The maximum Gasteiger partial charge on any atom is 0.407 e. The van der Waals surface area contributed by atoms with E-state index in [0.717, 1.165) is 12.8 Å². The molecule has 0 bridgehead atoms. The Morgan fingerprint density at radius 3 is 1.65 bits per heavy atom. The van der Waals surface area contributed by atoms with Gasteiger partial charge in [-0.15, -0.1) is 0 Å². The van der Waals surface area contributed by atoms with E-state index in [-0.39, 0.29) is 53.7 Å². The fourth-order valence-corrected chi connectivity index (χ4v) is 8.34. The van der Waals surface area contributed by atoms with Crippen molar-refractivity contribution in [3.63, 3.8) is 0 Å². The van der Waals surface area contributed by atoms with Crippen molar-refractivity contribution >= 4 is 36.6 Å². The summed E-state index contributed by atoms with van der Waals surface area (Å²) >= 11 is 0. The first-order valence-corrected chi connectivity index (χ1v) is 18.4. The molecule has 3 aliphatic rings. The summed E-state index contributed by atoms with van der Waals surface area (Å²) in [6.07, 6.45) is 5.59. The van der Waals surface area contributed by atoms with Crippen LogP contribution in [0.5, 0.6) is 0 Å². The molecule has 0 spiro atoms. The lowest BCUT2D eigenvalue weighted by Gasteiger charge is -2.46. The molecule has 12 nitrogen and oxygen atoms in total. The number of benzene rings is 2. The topological polar surface area (TPSA) is 151 Å². The van der Waals surface area contributed by atoms with E-state index in [2.05, 4.69) is 31.4 Å². The number of hydrogen-bond donors (Lipinski definition) is 2. The van der Waals surface area contributed by atoms with Crippen LogP contribution in [0.4, 0.5) is 9.59 Å². The van der Waals surface area contributed by atoms with E-state index in [0.29, 0.717) is 99.7 Å². The number of carbonyl (C=O) groups excluding carboxylic acids is 6. The monoisotopic (exact) mass is 716 g/mol. The molecule has 5 rings (SSSR count). The van der Waals surface area contributed by atoms with Crippen LogP contribution in [0.3, 0.4) is 0 Å². The third-order valence-corrected chi connectivity index (χ3v) is 10.8. The molecule has 12 heteroatoms. The molecule has 2 aromatic rings. The molecule has 2 unspecified atom stereocenters. The van der Waals surface area contributed by atoms with E-state index in [4.69, 9.17) is 9.47 Å². The van der Waals surface area contributed by atoms with E-state index in [1.165, 1.54) is 0 Å². The zero-order valence-corrected chi connectivity index (χ0v) is 30.6. The van der Waals surface area contributed by atoms with Crippen LogP contribution in [-0.4, -0.2) is 98.4 Å². The molecule has 1 saturated carbocycles. The van der Waals surface area contributed by atoms with Crippen LogP contribution >= 0.6 is 0 Å². The fraction of sp³-hybridized carbons (Fsp3) is 0.550. The second-order valence-electron chi connectivity index (χ2n) is 15.8. The number of alkyl carbamates (subject to hydrolysis) is 2. The highest BCUT2D eigenvalue weighted by atomic mass is 16.6. The summed E-state index contributed by atoms with van der Waals surface area (Å²) in [5.41, 5.74) is 1.23. The van der Waals surface area contributed by atoms with Gasteiger partial charge in [0, 0.05) is 49.9 Å². The molecule has 3 fully saturated rings. The molecule has 2 aliphatic heterocycles. The zero-order valence-electron chi connectivity index (χ0n) is 30.6. The largest absolute Gasteiger partial charge is 0.449 e. The van der Waals surface area contributed by atoms with Crippen molar-refractivity contribution < 1.29 is 38.2 Å². The number of amides is 4. The second-order valence-corrected chi connectivity index (χ2v) is 15.8. The Morgan fingerprint density at radius 2 is 1.17 bits per heavy atom. The summed E-state index contributed by atoms with van der Waals surface area (Å²) in [6, 6.07) is 13.5. The summed E-state index contributed by atoms with van der Waals surface area (Å²) in [7, 11) is 0. The van der Waals surface area contributed by atoms with Crippen LogP contribution in [-0.2, 0) is 9.47 Å². The fourth-order valence-electron chi connectivity index (χ4n) is 8.34. The van der Waals surface area contributed by atoms with E-state index in [9.17, 15) is 28.8 Å². The van der Waals surface area contributed by atoms with Gasteiger partial charge >= 0.3 is 12.2 Å². The van der Waals surface area contributed by atoms with Gasteiger partial charge in [0.25, 0.3) is 11.8 Å². The van der Waals surface area contributed by atoms with Crippen LogP contribution < -0.4 is 10.6 Å². The molecule has 280 valence electrons. The average molecular weight is 717 g/mol. The Morgan fingerprint density at radius 1 is 0.712 bits per heavy atom. The van der Waals surface area contributed by atoms with E-state index >= 15 is 0 Å². The van der Waals surface area contributed by atoms with Gasteiger partial charge in [-0.2, -0.15) is 0 Å². The number of piperidine rings is 2. The number of hydrogen-bond acceptors (Lipinski definition) is 8. The normalized spacial score (nSPS) is 22.2. The van der Waals surface area contributed by atoms with Gasteiger partial charge in [-0.25, -0.2) is 9.59 Å². The van der Waals surface area contributed by atoms with Crippen molar-refractivity contribution in [2.45, 2.75) is 71.8 Å². The van der Waals surface area contributed by atoms with Crippen LogP contribution in [0, 0.1) is 22.7 Å². The van der Waals surface area contributed by atoms with Gasteiger partial charge in [0.2, 0.25) is 0 Å². The highest BCUT2D eigenvalue weighted by Gasteiger charge is 2.42. The highest BCUT2D eigenvalue weighted by molar-refractivity contribution is 6.02. The van der Waals surface area contributed by atoms with Gasteiger partial charge in [0.15, 0.2) is 12.6 Å². The first kappa shape index (κ1) is 38.5. The second kappa shape index (κ2) is 17.2. The van der Waals surface area contributed by atoms with Gasteiger partial charge in [0.1, 0.15) is 0 Å². The number of likely N-dealkylation sites (tertiary alicyclic amines) is 2. The van der Waals surface area contributed by atoms with Crippen LogP contribution in [0.15, 0.2) is 48.5 Å². The number of nitrogens with zero attached hydrogens (tertiary/aromatic N) is 2. The van der Waals surface area contributed by atoms with Crippen molar-refractivity contribution in [2.75, 3.05) is 45.9 Å². The predicted molar refractivity (Wildman–Crippen MR) is 194 cm³/mol. The molecule has 4 amide bonds. The molecule has 0 radical (unpaired) electrons. The van der Waals surface area contributed by atoms with Gasteiger partial charge in [-0.1, -0.05) is 57.2 Å². The van der Waals surface area contributed by atoms with Crippen LogP contribution in [0.1, 0.15) is 107 Å². The van der Waals surface area contributed by atoms with Gasteiger partial charge in [-0.05, 0) is 79.7 Å². The highest BCUT2D eigenvalue weighted by Crippen LogP contribution is 2.45. The molecule has 2 aromatic carbocycles. The van der Waals surface area contributed by atoms with Gasteiger partial charge in [-0.3, -0.25) is 19.2 Å². The Kier molecular flexibility index (Phi) is 12.7. The number of nitrogens with one attached hydrogen (secondary N) is 2. The zero-order chi connectivity index (χ0) is 37.3. The molecule has 0 aromatic heterocycles. The smallest absolute Gasteiger partial charge is 0.407 e. The summed E-state index contributed by atoms with van der Waals surface area (Å²) in [5.74, 6) is -0.0346. The third-order valence-electron chi connectivity index (χ3n) is 10.8. The van der Waals surface area contributed by atoms with Crippen molar-refractivity contribution in [3.05, 3.63) is 70.8 Å².